The van der Waals surface area contributed by atoms with Crippen molar-refractivity contribution in [3.05, 3.63) is 139 Å². The third kappa shape index (κ3) is 9.85. The number of rotatable bonds is 10. The molecule has 0 aliphatic carbocycles. The molecule has 14 nitrogen and oxygen atoms in total. The zero-order chi connectivity index (χ0) is 38.9. The summed E-state index contributed by atoms with van der Waals surface area (Å²) in [7, 11) is -4.69. The minimum Gasteiger partial charge on any atom is -0.870 e. The zero-order valence-corrected chi connectivity index (χ0v) is 38.0. The Morgan fingerprint density at radius 1 is 0.621 bits per heavy atom. The minimum absolute atomic E-state index is 0. The maximum absolute atomic E-state index is 13.2. The van der Waals surface area contributed by atoms with Gasteiger partial charge in [0.15, 0.2) is 0 Å². The second-order valence-corrected chi connectivity index (χ2v) is 13.5. The van der Waals surface area contributed by atoms with Gasteiger partial charge in [0, 0.05) is 38.7 Å². The summed E-state index contributed by atoms with van der Waals surface area (Å²) < 4.78 is 33.2. The van der Waals surface area contributed by atoms with Gasteiger partial charge < -0.3 is 36.0 Å². The Hall–Kier alpha value is -4.49. The van der Waals surface area contributed by atoms with E-state index < -0.39 is 38.3 Å². The molecule has 0 aliphatic rings. The van der Waals surface area contributed by atoms with Crippen molar-refractivity contribution >= 4 is 83.4 Å². The van der Waals surface area contributed by atoms with Gasteiger partial charge in [-0.15, -0.1) is 15.3 Å². The van der Waals surface area contributed by atoms with Crippen LogP contribution in [0.25, 0.3) is 32.7 Å². The number of azo groups is 2. The number of carboxylic acids is 2. The number of nitrogens with two attached hydrogens (primary N) is 1. The zero-order valence-electron chi connectivity index (χ0n) is 31.2. The van der Waals surface area contributed by atoms with E-state index >= 15 is 0 Å². The van der Waals surface area contributed by atoms with Crippen LogP contribution in [0.5, 0.6) is 5.75 Å². The van der Waals surface area contributed by atoms with E-state index in [1.807, 2.05) is 66.7 Å². The van der Waals surface area contributed by atoms with Crippen molar-refractivity contribution in [1.82, 2.24) is 0 Å². The van der Waals surface area contributed by atoms with Crippen molar-refractivity contribution in [3.63, 3.8) is 0 Å². The molecule has 7 aromatic carbocycles. The predicted molar refractivity (Wildman–Crippen MR) is 200 cm³/mol. The molecule has 4 N–H and O–H groups in total. The predicted octanol–water partition coefficient (Wildman–Crippen LogP) is -2.12. The first-order valence-electron chi connectivity index (χ1n) is 16.3. The van der Waals surface area contributed by atoms with Crippen molar-refractivity contribution in [1.29, 1.82) is 0 Å². The summed E-state index contributed by atoms with van der Waals surface area (Å²) >= 11 is 0. The van der Waals surface area contributed by atoms with Crippen LogP contribution < -0.4 is 115 Å². The number of carbonyl (C=O) groups excluding carboxylic acids is 2. The first kappa shape index (κ1) is 46.2. The van der Waals surface area contributed by atoms with Crippen LogP contribution in [0.1, 0.15) is 20.7 Å². The van der Waals surface area contributed by atoms with Gasteiger partial charge in [0.25, 0.3) is 10.1 Å². The maximum atomic E-state index is 13.2. The number of hydrogen-bond acceptors (Lipinski definition) is 13. The molecule has 0 aliphatic heterocycles. The third-order valence-electron chi connectivity index (χ3n) is 8.63. The van der Waals surface area contributed by atoms with Crippen molar-refractivity contribution < 1.29 is 127 Å². The minimum atomic E-state index is -4.69. The number of nitrogens with one attached hydrogen (secondary N) is 1. The topological polar surface area (TPSA) is 245 Å². The molecule has 0 saturated heterocycles. The first-order chi connectivity index (χ1) is 26.4. The van der Waals surface area contributed by atoms with Crippen molar-refractivity contribution in [2.24, 2.45) is 20.5 Å². The molecule has 0 radical (unpaired) electrons. The van der Waals surface area contributed by atoms with Gasteiger partial charge in [0.1, 0.15) is 10.6 Å². The van der Waals surface area contributed by atoms with Gasteiger partial charge in [-0.1, -0.05) is 72.5 Å². The largest absolute Gasteiger partial charge is 1.00 e. The van der Waals surface area contributed by atoms with E-state index in [4.69, 9.17) is 5.73 Å². The second kappa shape index (κ2) is 19.5. The van der Waals surface area contributed by atoms with E-state index in [1.54, 1.807) is 0 Å². The SMILES string of the molecule is Nc1ccc(S(=O)(=O)O)c2ccc(N=Nc3ccc(-c4ccc(N=Nc5c(Nc6ccccc6)ccc6ccccc56)c(C(=O)[O-])c4)cc3C(=O)[O-])c([O-])c12.[Na+].[Na+].[Na+]. The van der Waals surface area contributed by atoms with Crippen LogP contribution in [0.4, 0.5) is 39.8 Å². The van der Waals surface area contributed by atoms with Crippen LogP contribution in [0.15, 0.2) is 153 Å². The van der Waals surface area contributed by atoms with E-state index in [1.165, 1.54) is 42.5 Å². The van der Waals surface area contributed by atoms with Crippen molar-refractivity contribution in [2.45, 2.75) is 4.90 Å². The Bertz CT molecular complexity index is 2880. The number of carbonyl (C=O) groups is 2. The number of anilines is 3. The number of aromatic carboxylic acids is 2. The number of benzene rings is 7. The number of hydrogen-bond donors (Lipinski definition) is 3. The Kier molecular flexibility index (Phi) is 15.5. The summed E-state index contributed by atoms with van der Waals surface area (Å²) in [5.41, 5.74) is 7.07. The maximum Gasteiger partial charge on any atom is 1.00 e. The summed E-state index contributed by atoms with van der Waals surface area (Å²) in [6, 6.07) is 33.5. The Morgan fingerprint density at radius 3 is 1.78 bits per heavy atom. The van der Waals surface area contributed by atoms with Gasteiger partial charge >= 0.3 is 88.7 Å². The average Bonchev–Trinajstić information content (AvgIpc) is 3.17. The molecular weight excluding hydrogens is 794 g/mol. The summed E-state index contributed by atoms with van der Waals surface area (Å²) in [4.78, 5) is 24.0. The van der Waals surface area contributed by atoms with Crippen LogP contribution in [0.3, 0.4) is 0 Å². The fourth-order valence-electron chi connectivity index (χ4n) is 5.99. The van der Waals surface area contributed by atoms with Crippen LogP contribution in [0, 0.1) is 0 Å². The van der Waals surface area contributed by atoms with E-state index in [9.17, 15) is 37.9 Å². The number of carboxylic acid groups (broad SMARTS) is 2. The van der Waals surface area contributed by atoms with Gasteiger partial charge in [0.2, 0.25) is 0 Å². The van der Waals surface area contributed by atoms with Crippen LogP contribution >= 0.6 is 0 Å². The molecule has 0 atom stereocenters. The fourth-order valence-corrected chi connectivity index (χ4v) is 6.68. The van der Waals surface area contributed by atoms with Gasteiger partial charge in [-0.3, -0.25) is 4.55 Å². The molecule has 0 heterocycles. The second-order valence-electron chi connectivity index (χ2n) is 12.1. The standard InChI is InChI=1S/C40H28N6O8S.3Na/c41-30-14-19-35(55(52,53)54)27-13-18-34(38(47)36(27)30)45-43-31-15-11-23(20-28(31)39(48)49)24-12-16-32(29(21-24)40(50)51)44-46-37-26-9-5-4-6-22(26)10-17-33(37)42-25-7-2-1-3-8-25;;;/h1-21,42,47H,41H2,(H,48,49)(H,50,51)(H,52,53,54);;;/q;3*+1/p-3. The first-order valence-corrected chi connectivity index (χ1v) is 17.7. The number of para-hydroxylation sites is 1. The molecule has 0 aromatic heterocycles. The van der Waals surface area contributed by atoms with Crippen molar-refractivity contribution in [2.75, 3.05) is 11.1 Å². The number of fused-ring (bicyclic) bond motifs is 2. The summed E-state index contributed by atoms with van der Waals surface area (Å²) in [5, 5.41) is 59.0. The Balaban J connectivity index is 0.00000248. The van der Waals surface area contributed by atoms with Gasteiger partial charge in [-0.25, -0.2) is 0 Å². The molecule has 18 heteroatoms. The van der Waals surface area contributed by atoms with Crippen LogP contribution in [-0.2, 0) is 10.1 Å². The molecule has 7 aromatic rings. The third-order valence-corrected chi connectivity index (χ3v) is 9.54. The molecule has 0 unspecified atom stereocenters. The van der Waals surface area contributed by atoms with Gasteiger partial charge in [-0.2, -0.15) is 13.5 Å². The normalized spacial score (nSPS) is 11.2. The average molecular weight is 819 g/mol. The molecule has 0 spiro atoms. The van der Waals surface area contributed by atoms with Gasteiger partial charge in [-0.05, 0) is 77.2 Å². The summed E-state index contributed by atoms with van der Waals surface area (Å²) in [6.45, 7) is 0. The smallest absolute Gasteiger partial charge is 0.870 e. The van der Waals surface area contributed by atoms with E-state index in [2.05, 4.69) is 25.8 Å². The van der Waals surface area contributed by atoms with E-state index in [0.717, 1.165) is 34.7 Å². The number of nitrogens with zero attached hydrogens (tertiary/aromatic N) is 4. The molecular formula is C40H25N6Na3O8S. The van der Waals surface area contributed by atoms with Gasteiger partial charge in [0.05, 0.1) is 34.7 Å². The van der Waals surface area contributed by atoms with E-state index in [-0.39, 0.29) is 133 Å². The summed E-state index contributed by atoms with van der Waals surface area (Å²) in [5.74, 6) is -4.00. The molecule has 7 rings (SSSR count). The number of nitrogen functional groups attached to an aromatic ring is 1. The monoisotopic (exact) mass is 818 g/mol. The fraction of sp³-hybridized carbons (Fsp3) is 0. The molecule has 0 bridgehead atoms. The molecule has 0 amide bonds. The van der Waals surface area contributed by atoms with Crippen LogP contribution in [0.2, 0.25) is 0 Å². The quantitative estimate of drug-likeness (QED) is 0.0586. The van der Waals surface area contributed by atoms with Crippen LogP contribution in [-0.4, -0.2) is 24.9 Å². The Morgan fingerprint density at radius 2 is 1.17 bits per heavy atom. The van der Waals surface area contributed by atoms with Crippen molar-refractivity contribution in [3.8, 4) is 16.9 Å². The van der Waals surface area contributed by atoms with E-state index in [0.29, 0.717) is 16.9 Å². The molecule has 0 fully saturated rings. The summed E-state index contributed by atoms with van der Waals surface area (Å²) in [6.07, 6.45) is 0. The molecule has 272 valence electrons. The Labute approximate surface area is 397 Å². The molecule has 58 heavy (non-hydrogen) atoms. The molecule has 0 saturated carbocycles.